The number of carbonyl (C=O) groups excluding carboxylic acids is 2. The third kappa shape index (κ3) is 7.44. The first-order valence-corrected chi connectivity index (χ1v) is 11.6. The van der Waals surface area contributed by atoms with Gasteiger partial charge in [0.2, 0.25) is 0 Å². The summed E-state index contributed by atoms with van der Waals surface area (Å²) in [6.07, 6.45) is 3.43. The molecule has 0 aliphatic heterocycles. The topological polar surface area (TPSA) is 92.6 Å². The molecule has 0 atom stereocenters. The van der Waals surface area contributed by atoms with Crippen molar-refractivity contribution in [3.8, 4) is 5.75 Å². The van der Waals surface area contributed by atoms with Crippen LogP contribution in [0.25, 0.3) is 0 Å². The molecule has 0 saturated heterocycles. The van der Waals surface area contributed by atoms with Gasteiger partial charge < -0.3 is 19.8 Å². The van der Waals surface area contributed by atoms with Crippen LogP contribution in [0.5, 0.6) is 5.75 Å². The van der Waals surface area contributed by atoms with Crippen LogP contribution >= 0.6 is 28.1 Å². The predicted molar refractivity (Wildman–Crippen MR) is 135 cm³/mol. The fourth-order valence-corrected chi connectivity index (χ4v) is 3.46. The Labute approximate surface area is 206 Å². The summed E-state index contributed by atoms with van der Waals surface area (Å²) in [6, 6.07) is 15.6. The van der Waals surface area contributed by atoms with Gasteiger partial charge in [0.25, 0.3) is 11.8 Å². The Morgan fingerprint density at radius 3 is 2.70 bits per heavy atom. The third-order valence-corrected chi connectivity index (χ3v) is 5.25. The van der Waals surface area contributed by atoms with E-state index in [4.69, 9.17) is 21.4 Å². The van der Waals surface area contributed by atoms with Crippen LogP contribution in [0.4, 0.5) is 5.69 Å². The maximum absolute atomic E-state index is 12.8. The van der Waals surface area contributed by atoms with Crippen molar-refractivity contribution < 1.29 is 18.7 Å². The van der Waals surface area contributed by atoms with Gasteiger partial charge in [0, 0.05) is 15.7 Å². The molecule has 0 fully saturated rings. The molecule has 0 aliphatic carbocycles. The average molecular weight is 530 g/mol. The van der Waals surface area contributed by atoms with Crippen molar-refractivity contribution in [1.29, 1.82) is 0 Å². The third-order valence-electron chi connectivity index (χ3n) is 4.55. The second kappa shape index (κ2) is 12.2. The number of halogens is 1. The fourth-order valence-electron chi connectivity index (χ4n) is 2.89. The molecule has 0 spiro atoms. The Balaban J connectivity index is 1.60. The van der Waals surface area contributed by atoms with Gasteiger partial charge >= 0.3 is 0 Å². The van der Waals surface area contributed by atoms with E-state index in [-0.39, 0.29) is 17.6 Å². The SMILES string of the molecule is CCCCOc1ccc(Br)cc1C(=O)NC(=S)Nc1cccc(C(=O)NCc2ccco2)c1. The Kier molecular flexibility index (Phi) is 9.03. The van der Waals surface area contributed by atoms with Crippen molar-refractivity contribution in [2.75, 3.05) is 11.9 Å². The summed E-state index contributed by atoms with van der Waals surface area (Å²) in [5, 5.41) is 8.50. The van der Waals surface area contributed by atoms with Crippen LogP contribution < -0.4 is 20.7 Å². The van der Waals surface area contributed by atoms with E-state index in [1.54, 1.807) is 54.8 Å². The summed E-state index contributed by atoms with van der Waals surface area (Å²) in [6.45, 7) is 2.88. The number of hydrogen-bond donors (Lipinski definition) is 3. The van der Waals surface area contributed by atoms with Gasteiger partial charge in [-0.05, 0) is 67.2 Å². The van der Waals surface area contributed by atoms with Gasteiger partial charge in [0.1, 0.15) is 11.5 Å². The number of rotatable bonds is 9. The first-order chi connectivity index (χ1) is 16.0. The van der Waals surface area contributed by atoms with Crippen molar-refractivity contribution in [3.05, 3.63) is 82.2 Å². The Morgan fingerprint density at radius 1 is 1.09 bits per heavy atom. The van der Waals surface area contributed by atoms with E-state index in [0.717, 1.165) is 17.3 Å². The lowest BCUT2D eigenvalue weighted by Gasteiger charge is -2.14. The standard InChI is InChI=1S/C24H24BrN3O4S/c1-2-3-11-32-21-10-9-17(25)14-20(21)23(30)28-24(33)27-18-7-4-6-16(13-18)22(29)26-15-19-8-5-12-31-19/h4-10,12-14H,2-3,11,15H2,1H3,(H,26,29)(H2,27,28,30,33). The number of benzene rings is 2. The molecule has 9 heteroatoms. The number of unbranched alkanes of at least 4 members (excludes halogenated alkanes) is 1. The Hall–Kier alpha value is -3.17. The van der Waals surface area contributed by atoms with Crippen molar-refractivity contribution in [2.45, 2.75) is 26.3 Å². The zero-order valence-electron chi connectivity index (χ0n) is 18.0. The van der Waals surface area contributed by atoms with E-state index >= 15 is 0 Å². The van der Waals surface area contributed by atoms with Gasteiger partial charge in [0.15, 0.2) is 5.11 Å². The van der Waals surface area contributed by atoms with Crippen molar-refractivity contribution in [1.82, 2.24) is 10.6 Å². The number of thiocarbonyl (C=S) groups is 1. The molecule has 0 unspecified atom stereocenters. The van der Waals surface area contributed by atoms with E-state index < -0.39 is 5.91 Å². The maximum atomic E-state index is 12.8. The number of furan rings is 1. The molecule has 3 aromatic rings. The average Bonchev–Trinajstić information content (AvgIpc) is 3.32. The van der Waals surface area contributed by atoms with E-state index in [0.29, 0.717) is 34.9 Å². The zero-order valence-corrected chi connectivity index (χ0v) is 20.4. The molecule has 7 nitrogen and oxygen atoms in total. The highest BCUT2D eigenvalue weighted by atomic mass is 79.9. The minimum Gasteiger partial charge on any atom is -0.493 e. The fraction of sp³-hybridized carbons (Fsp3) is 0.208. The molecule has 3 rings (SSSR count). The lowest BCUT2D eigenvalue weighted by Crippen LogP contribution is -2.34. The monoisotopic (exact) mass is 529 g/mol. The number of ether oxygens (including phenoxy) is 1. The molecule has 0 saturated carbocycles. The molecule has 2 aromatic carbocycles. The number of anilines is 1. The van der Waals surface area contributed by atoms with E-state index in [2.05, 4.69) is 38.8 Å². The van der Waals surface area contributed by atoms with Crippen LogP contribution in [0.3, 0.4) is 0 Å². The minimum atomic E-state index is -0.396. The highest BCUT2D eigenvalue weighted by Crippen LogP contribution is 2.23. The molecule has 1 heterocycles. The summed E-state index contributed by atoms with van der Waals surface area (Å²) in [5.41, 5.74) is 1.38. The van der Waals surface area contributed by atoms with Crippen molar-refractivity contribution in [2.24, 2.45) is 0 Å². The van der Waals surface area contributed by atoms with Crippen LogP contribution in [0.2, 0.25) is 0 Å². The summed E-state index contributed by atoms with van der Waals surface area (Å²) in [5.74, 6) is 0.495. The number of amides is 2. The molecular formula is C24H24BrN3O4S. The minimum absolute atomic E-state index is 0.104. The van der Waals surface area contributed by atoms with Crippen molar-refractivity contribution >= 4 is 50.8 Å². The molecule has 172 valence electrons. The quantitative estimate of drug-likeness (QED) is 0.258. The highest BCUT2D eigenvalue weighted by Gasteiger charge is 2.15. The lowest BCUT2D eigenvalue weighted by molar-refractivity contribution is 0.0945. The number of nitrogens with one attached hydrogen (secondary N) is 3. The largest absolute Gasteiger partial charge is 0.493 e. The summed E-state index contributed by atoms with van der Waals surface area (Å²) in [7, 11) is 0. The van der Waals surface area contributed by atoms with E-state index in [1.807, 2.05) is 6.07 Å². The maximum Gasteiger partial charge on any atom is 0.261 e. The van der Waals surface area contributed by atoms with Crippen LogP contribution in [0.1, 0.15) is 46.2 Å². The van der Waals surface area contributed by atoms with Gasteiger partial charge in [-0.25, -0.2) is 0 Å². The van der Waals surface area contributed by atoms with Crippen molar-refractivity contribution in [3.63, 3.8) is 0 Å². The first kappa shape index (κ1) is 24.5. The van der Waals surface area contributed by atoms with E-state index in [1.165, 1.54) is 0 Å². The van der Waals surface area contributed by atoms with Gasteiger partial charge in [-0.3, -0.25) is 14.9 Å². The van der Waals surface area contributed by atoms with Crippen LogP contribution in [-0.4, -0.2) is 23.5 Å². The number of carbonyl (C=O) groups is 2. The van der Waals surface area contributed by atoms with Gasteiger partial charge in [-0.15, -0.1) is 0 Å². The van der Waals surface area contributed by atoms with Crippen LogP contribution in [0, 0.1) is 0 Å². The molecule has 33 heavy (non-hydrogen) atoms. The normalized spacial score (nSPS) is 10.4. The summed E-state index contributed by atoms with van der Waals surface area (Å²) < 4.78 is 11.7. The number of hydrogen-bond acceptors (Lipinski definition) is 5. The molecule has 3 N–H and O–H groups in total. The van der Waals surface area contributed by atoms with Gasteiger partial charge in [-0.2, -0.15) is 0 Å². The van der Waals surface area contributed by atoms with Crippen LogP contribution in [-0.2, 0) is 6.54 Å². The molecule has 0 aliphatic rings. The molecule has 0 bridgehead atoms. The molecule has 0 radical (unpaired) electrons. The predicted octanol–water partition coefficient (Wildman–Crippen LogP) is 5.28. The second-order valence-electron chi connectivity index (χ2n) is 7.09. The lowest BCUT2D eigenvalue weighted by atomic mass is 10.2. The smallest absolute Gasteiger partial charge is 0.261 e. The van der Waals surface area contributed by atoms with Crippen LogP contribution in [0.15, 0.2) is 69.8 Å². The Morgan fingerprint density at radius 2 is 1.94 bits per heavy atom. The summed E-state index contributed by atoms with van der Waals surface area (Å²) >= 11 is 8.69. The molecular weight excluding hydrogens is 506 g/mol. The summed E-state index contributed by atoms with van der Waals surface area (Å²) in [4.78, 5) is 25.2. The molecule has 2 amide bonds. The van der Waals surface area contributed by atoms with Gasteiger partial charge in [-0.1, -0.05) is 35.3 Å². The first-order valence-electron chi connectivity index (χ1n) is 10.4. The second-order valence-corrected chi connectivity index (χ2v) is 8.42. The Bertz CT molecular complexity index is 1120. The highest BCUT2D eigenvalue weighted by molar-refractivity contribution is 9.10. The molecule has 1 aromatic heterocycles. The van der Waals surface area contributed by atoms with Gasteiger partial charge in [0.05, 0.1) is 25.0 Å². The zero-order chi connectivity index (χ0) is 23.6. The van der Waals surface area contributed by atoms with E-state index in [9.17, 15) is 9.59 Å².